The number of fused-ring (bicyclic) bond motifs is 1. The maximum absolute atomic E-state index is 6.19. The van der Waals surface area contributed by atoms with Crippen LogP contribution in [0.5, 0.6) is 0 Å². The van der Waals surface area contributed by atoms with Crippen LogP contribution >= 0.6 is 23.2 Å². The molecule has 2 aromatic heterocycles. The molecule has 0 atom stereocenters. The molecule has 0 aliphatic heterocycles. The van der Waals surface area contributed by atoms with E-state index in [-0.39, 0.29) is 6.04 Å². The highest BCUT2D eigenvalue weighted by molar-refractivity contribution is 6.36. The molecule has 3 aromatic rings. The molecule has 0 aliphatic carbocycles. The third kappa shape index (κ3) is 3.33. The summed E-state index contributed by atoms with van der Waals surface area (Å²) in [7, 11) is 1.88. The number of imidazole rings is 1. The van der Waals surface area contributed by atoms with Crippen molar-refractivity contribution in [2.75, 3.05) is 10.6 Å². The van der Waals surface area contributed by atoms with Crippen LogP contribution in [0.2, 0.25) is 10.0 Å². The predicted octanol–water partition coefficient (Wildman–Crippen LogP) is 4.23. The first-order valence-corrected chi connectivity index (χ1v) is 7.87. The first-order chi connectivity index (χ1) is 10.9. The van der Waals surface area contributed by atoms with Gasteiger partial charge in [0.1, 0.15) is 5.52 Å². The Morgan fingerprint density at radius 3 is 2.65 bits per heavy atom. The van der Waals surface area contributed by atoms with Crippen molar-refractivity contribution in [3.8, 4) is 0 Å². The average molecular weight is 351 g/mol. The summed E-state index contributed by atoms with van der Waals surface area (Å²) in [5.74, 6) is 1.20. The van der Waals surface area contributed by atoms with Crippen molar-refractivity contribution in [1.29, 1.82) is 0 Å². The molecule has 0 saturated heterocycles. The van der Waals surface area contributed by atoms with Gasteiger partial charge in [-0.05, 0) is 32.0 Å². The van der Waals surface area contributed by atoms with Crippen LogP contribution in [0.3, 0.4) is 0 Å². The number of hydrogen-bond donors (Lipinski definition) is 2. The van der Waals surface area contributed by atoms with E-state index < -0.39 is 0 Å². The van der Waals surface area contributed by atoms with Crippen molar-refractivity contribution in [3.05, 3.63) is 34.4 Å². The van der Waals surface area contributed by atoms with Gasteiger partial charge in [-0.25, -0.2) is 9.97 Å². The minimum Gasteiger partial charge on any atom is -0.352 e. The lowest BCUT2D eigenvalue weighted by Crippen LogP contribution is -2.12. The molecule has 0 amide bonds. The topological polar surface area (TPSA) is 67.7 Å². The smallest absolute Gasteiger partial charge is 0.224 e. The molecule has 0 aliphatic rings. The second-order valence-corrected chi connectivity index (χ2v) is 6.29. The zero-order chi connectivity index (χ0) is 16.6. The summed E-state index contributed by atoms with van der Waals surface area (Å²) < 4.78 is 1.85. The molecule has 0 bridgehead atoms. The Morgan fingerprint density at radius 1 is 1.17 bits per heavy atom. The van der Waals surface area contributed by atoms with Crippen molar-refractivity contribution in [3.63, 3.8) is 0 Å². The van der Waals surface area contributed by atoms with Crippen LogP contribution in [0.25, 0.3) is 11.2 Å². The highest BCUT2D eigenvalue weighted by Gasteiger charge is 2.12. The second-order valence-electron chi connectivity index (χ2n) is 5.45. The summed E-state index contributed by atoms with van der Waals surface area (Å²) in [6, 6.07) is 5.51. The zero-order valence-corrected chi connectivity index (χ0v) is 14.4. The molecule has 3 rings (SSSR count). The number of halogens is 2. The Kier molecular flexibility index (Phi) is 4.28. The van der Waals surface area contributed by atoms with Crippen LogP contribution < -0.4 is 10.6 Å². The molecule has 120 valence electrons. The summed E-state index contributed by atoms with van der Waals surface area (Å²) in [5.41, 5.74) is 2.16. The molecule has 6 nitrogen and oxygen atoms in total. The van der Waals surface area contributed by atoms with Gasteiger partial charge in [-0.1, -0.05) is 23.2 Å². The quantitative estimate of drug-likeness (QED) is 0.736. The first kappa shape index (κ1) is 15.8. The molecule has 1 aromatic carbocycles. The number of benzene rings is 1. The number of aromatic nitrogens is 4. The fourth-order valence-corrected chi connectivity index (χ4v) is 2.59. The molecule has 23 heavy (non-hydrogen) atoms. The summed E-state index contributed by atoms with van der Waals surface area (Å²) in [6.45, 7) is 4.07. The number of hydrogen-bond acceptors (Lipinski definition) is 5. The van der Waals surface area contributed by atoms with E-state index >= 15 is 0 Å². The summed E-state index contributed by atoms with van der Waals surface area (Å²) in [6.07, 6.45) is 1.70. The Labute approximate surface area is 143 Å². The van der Waals surface area contributed by atoms with E-state index in [1.54, 1.807) is 24.4 Å². The highest BCUT2D eigenvalue weighted by Crippen LogP contribution is 2.28. The number of rotatable bonds is 4. The van der Waals surface area contributed by atoms with E-state index in [0.29, 0.717) is 27.5 Å². The van der Waals surface area contributed by atoms with Gasteiger partial charge in [0.05, 0.1) is 16.9 Å². The normalized spacial score (nSPS) is 11.2. The molecular formula is C15H16Cl2N6. The maximum atomic E-state index is 6.19. The standard InChI is InChI=1S/C15H16Cl2N6/c1-8(2)19-14-18-7-12-13(22-14)23(3)15(21-12)20-11-5-4-9(16)6-10(11)17/h4-8H,1-3H3,(H,20,21)(H,18,19,22). The van der Waals surface area contributed by atoms with Gasteiger partial charge >= 0.3 is 0 Å². The maximum Gasteiger partial charge on any atom is 0.224 e. The number of nitrogens with one attached hydrogen (secondary N) is 2. The summed E-state index contributed by atoms with van der Waals surface area (Å²) in [4.78, 5) is 13.3. The fourth-order valence-electron chi connectivity index (χ4n) is 2.13. The van der Waals surface area contributed by atoms with E-state index in [1.807, 2.05) is 25.5 Å². The van der Waals surface area contributed by atoms with Gasteiger partial charge in [-0.2, -0.15) is 4.98 Å². The number of aryl methyl sites for hydroxylation is 1. The fraction of sp³-hybridized carbons (Fsp3) is 0.267. The van der Waals surface area contributed by atoms with Crippen LogP contribution in [0.1, 0.15) is 13.8 Å². The molecule has 0 radical (unpaired) electrons. The van der Waals surface area contributed by atoms with Crippen molar-refractivity contribution in [2.24, 2.45) is 7.05 Å². The minimum absolute atomic E-state index is 0.256. The van der Waals surface area contributed by atoms with Crippen molar-refractivity contribution < 1.29 is 0 Å². The lowest BCUT2D eigenvalue weighted by molar-refractivity contribution is 0.871. The Hall–Kier alpha value is -2.05. The molecular weight excluding hydrogens is 335 g/mol. The van der Waals surface area contributed by atoms with E-state index in [0.717, 1.165) is 11.3 Å². The van der Waals surface area contributed by atoms with Crippen LogP contribution in [0, 0.1) is 0 Å². The van der Waals surface area contributed by atoms with E-state index in [9.17, 15) is 0 Å². The van der Waals surface area contributed by atoms with Gasteiger partial charge in [0.2, 0.25) is 11.9 Å². The molecule has 2 heterocycles. The van der Waals surface area contributed by atoms with Gasteiger partial charge in [-0.15, -0.1) is 0 Å². The Balaban J connectivity index is 1.96. The monoisotopic (exact) mass is 350 g/mol. The van der Waals surface area contributed by atoms with Crippen LogP contribution in [0.4, 0.5) is 17.6 Å². The molecule has 8 heteroatoms. The number of nitrogens with zero attached hydrogens (tertiary/aromatic N) is 4. The third-order valence-electron chi connectivity index (χ3n) is 3.21. The van der Waals surface area contributed by atoms with E-state index in [4.69, 9.17) is 23.2 Å². The minimum atomic E-state index is 0.256. The Morgan fingerprint density at radius 2 is 1.96 bits per heavy atom. The van der Waals surface area contributed by atoms with Crippen molar-refractivity contribution in [1.82, 2.24) is 19.5 Å². The van der Waals surface area contributed by atoms with Crippen LogP contribution in [-0.2, 0) is 7.05 Å². The highest BCUT2D eigenvalue weighted by atomic mass is 35.5. The van der Waals surface area contributed by atoms with Gasteiger partial charge in [0.15, 0.2) is 5.65 Å². The van der Waals surface area contributed by atoms with Gasteiger partial charge < -0.3 is 10.6 Å². The summed E-state index contributed by atoms with van der Waals surface area (Å²) >= 11 is 12.1. The van der Waals surface area contributed by atoms with Crippen LogP contribution in [0.15, 0.2) is 24.4 Å². The second kappa shape index (κ2) is 6.22. The van der Waals surface area contributed by atoms with E-state index in [2.05, 4.69) is 25.6 Å². The lowest BCUT2D eigenvalue weighted by Gasteiger charge is -2.09. The first-order valence-electron chi connectivity index (χ1n) is 7.12. The van der Waals surface area contributed by atoms with Gasteiger partial charge in [0, 0.05) is 18.1 Å². The molecule has 2 N–H and O–H groups in total. The van der Waals surface area contributed by atoms with E-state index in [1.165, 1.54) is 0 Å². The molecule has 0 fully saturated rings. The van der Waals surface area contributed by atoms with Gasteiger partial charge in [-0.3, -0.25) is 4.57 Å². The molecule has 0 spiro atoms. The third-order valence-corrected chi connectivity index (χ3v) is 3.75. The molecule has 0 saturated carbocycles. The van der Waals surface area contributed by atoms with Crippen molar-refractivity contribution >= 4 is 51.9 Å². The lowest BCUT2D eigenvalue weighted by atomic mass is 10.3. The molecule has 0 unspecified atom stereocenters. The van der Waals surface area contributed by atoms with Crippen LogP contribution in [-0.4, -0.2) is 25.6 Å². The zero-order valence-electron chi connectivity index (χ0n) is 12.9. The number of anilines is 3. The predicted molar refractivity (Wildman–Crippen MR) is 94.8 cm³/mol. The Bertz CT molecular complexity index is 859. The average Bonchev–Trinajstić information content (AvgIpc) is 2.78. The SMILES string of the molecule is CC(C)Nc1ncc2nc(Nc3ccc(Cl)cc3Cl)n(C)c2n1. The van der Waals surface area contributed by atoms with Crippen molar-refractivity contribution in [2.45, 2.75) is 19.9 Å². The largest absolute Gasteiger partial charge is 0.352 e. The summed E-state index contributed by atoms with van der Waals surface area (Å²) in [5, 5.41) is 7.48. The van der Waals surface area contributed by atoms with Gasteiger partial charge in [0.25, 0.3) is 0 Å².